The molecule has 44 heavy (non-hydrogen) atoms. The number of amides is 2. The molecular weight excluding hydrogens is 580 g/mol. The van der Waals surface area contributed by atoms with Crippen LogP contribution in [0.4, 0.5) is 0 Å². The molecule has 10 nitrogen and oxygen atoms in total. The molecule has 6 rings (SSSR count). The molecule has 234 valence electrons. The Labute approximate surface area is 261 Å². The maximum absolute atomic E-state index is 14.4. The minimum Gasteiger partial charge on any atom is -0.469 e. The summed E-state index contributed by atoms with van der Waals surface area (Å²) >= 11 is 1.55. The lowest BCUT2D eigenvalue weighted by Gasteiger charge is -2.35. The molecule has 0 spiro atoms. The second-order valence-corrected chi connectivity index (χ2v) is 13.9. The van der Waals surface area contributed by atoms with Crippen molar-refractivity contribution in [1.82, 2.24) is 20.4 Å². The van der Waals surface area contributed by atoms with Crippen molar-refractivity contribution in [3.05, 3.63) is 58.1 Å². The van der Waals surface area contributed by atoms with Gasteiger partial charge in [-0.1, -0.05) is 43.3 Å². The Morgan fingerprint density at radius 3 is 2.64 bits per heavy atom. The first-order valence-electron chi connectivity index (χ1n) is 15.4. The summed E-state index contributed by atoms with van der Waals surface area (Å²) in [6, 6.07) is 6.07. The summed E-state index contributed by atoms with van der Waals surface area (Å²) in [6.45, 7) is 6.13. The van der Waals surface area contributed by atoms with Gasteiger partial charge in [-0.25, -0.2) is 4.98 Å². The first kappa shape index (κ1) is 30.5. The van der Waals surface area contributed by atoms with E-state index in [1.807, 2.05) is 31.2 Å². The fourth-order valence-electron chi connectivity index (χ4n) is 6.84. The summed E-state index contributed by atoms with van der Waals surface area (Å²) in [5, 5.41) is 18.1. The van der Waals surface area contributed by atoms with Gasteiger partial charge in [0.05, 0.1) is 47.5 Å². The first-order chi connectivity index (χ1) is 21.1. The molecular formula is C33H40N4O6S. The van der Waals surface area contributed by atoms with Crippen LogP contribution in [-0.2, 0) is 25.5 Å². The predicted octanol–water partition coefficient (Wildman–Crippen LogP) is 4.81. The van der Waals surface area contributed by atoms with Crippen LogP contribution in [0.5, 0.6) is 0 Å². The number of hydrogen-bond donors (Lipinski definition) is 2. The predicted molar refractivity (Wildman–Crippen MR) is 164 cm³/mol. The lowest BCUT2D eigenvalue weighted by Crippen LogP contribution is -2.50. The highest BCUT2D eigenvalue weighted by molar-refractivity contribution is 7.13. The molecule has 1 aromatic carbocycles. The van der Waals surface area contributed by atoms with Crippen LogP contribution in [0, 0.1) is 12.3 Å². The molecule has 2 aromatic heterocycles. The van der Waals surface area contributed by atoms with Crippen molar-refractivity contribution in [1.29, 1.82) is 0 Å². The van der Waals surface area contributed by atoms with Crippen molar-refractivity contribution < 1.29 is 28.8 Å². The van der Waals surface area contributed by atoms with Crippen LogP contribution >= 0.6 is 11.3 Å². The van der Waals surface area contributed by atoms with Gasteiger partial charge in [-0.2, -0.15) is 0 Å². The van der Waals surface area contributed by atoms with E-state index in [4.69, 9.17) is 9.26 Å². The van der Waals surface area contributed by atoms with Crippen LogP contribution in [0.25, 0.3) is 10.4 Å². The smallest absolute Gasteiger partial charge is 0.307 e. The summed E-state index contributed by atoms with van der Waals surface area (Å²) in [5.41, 5.74) is 6.06. The zero-order valence-corrected chi connectivity index (χ0v) is 26.5. The Bertz CT molecular complexity index is 1540. The Balaban J connectivity index is 1.25. The zero-order chi connectivity index (χ0) is 31.2. The number of likely N-dealkylation sites (tertiary alicyclic amines) is 1. The molecule has 1 aliphatic heterocycles. The molecule has 0 bridgehead atoms. The third kappa shape index (κ3) is 5.91. The van der Waals surface area contributed by atoms with Crippen LogP contribution in [0.1, 0.15) is 98.5 Å². The van der Waals surface area contributed by atoms with Gasteiger partial charge in [-0.3, -0.25) is 14.4 Å². The van der Waals surface area contributed by atoms with Gasteiger partial charge in [0.25, 0.3) is 0 Å². The summed E-state index contributed by atoms with van der Waals surface area (Å²) in [6.07, 6.45) is 3.92. The van der Waals surface area contributed by atoms with E-state index in [0.29, 0.717) is 11.7 Å². The fourth-order valence-corrected chi connectivity index (χ4v) is 7.66. The van der Waals surface area contributed by atoms with Crippen molar-refractivity contribution in [3.63, 3.8) is 0 Å². The van der Waals surface area contributed by atoms with E-state index in [1.165, 1.54) is 12.0 Å². The van der Waals surface area contributed by atoms with Crippen molar-refractivity contribution in [2.75, 3.05) is 13.7 Å². The number of aliphatic hydroxyl groups excluding tert-OH is 1. The maximum Gasteiger partial charge on any atom is 0.307 e. The van der Waals surface area contributed by atoms with Gasteiger partial charge in [0.1, 0.15) is 12.0 Å². The van der Waals surface area contributed by atoms with Crippen LogP contribution < -0.4 is 5.32 Å². The van der Waals surface area contributed by atoms with Crippen molar-refractivity contribution >= 4 is 29.1 Å². The van der Waals surface area contributed by atoms with E-state index in [1.54, 1.807) is 16.8 Å². The molecule has 0 unspecified atom stereocenters. The molecule has 11 heteroatoms. The number of rotatable bonds is 8. The largest absolute Gasteiger partial charge is 0.469 e. The van der Waals surface area contributed by atoms with Gasteiger partial charge < -0.3 is 24.6 Å². The summed E-state index contributed by atoms with van der Waals surface area (Å²) in [5.74, 6) is -0.731. The number of thiazole rings is 1. The van der Waals surface area contributed by atoms with Gasteiger partial charge in [-0.15, -0.1) is 11.3 Å². The molecule has 0 radical (unpaired) electrons. The lowest BCUT2D eigenvalue weighted by molar-refractivity contribution is -0.144. The Hall–Kier alpha value is -3.57. The van der Waals surface area contributed by atoms with Crippen LogP contribution in [-0.4, -0.2) is 63.7 Å². The average molecular weight is 621 g/mol. The van der Waals surface area contributed by atoms with E-state index in [-0.39, 0.29) is 25.3 Å². The highest BCUT2D eigenvalue weighted by atomic mass is 32.1. The fraction of sp³-hybridized carbons (Fsp3) is 0.545. The quantitative estimate of drug-likeness (QED) is 0.271. The number of ether oxygens (including phenoxy) is 1. The number of methoxy groups -OCH3 is 1. The van der Waals surface area contributed by atoms with Crippen LogP contribution in [0.3, 0.4) is 0 Å². The molecule has 1 saturated carbocycles. The van der Waals surface area contributed by atoms with E-state index >= 15 is 0 Å². The Morgan fingerprint density at radius 2 is 1.98 bits per heavy atom. The number of aromatic nitrogens is 2. The van der Waals surface area contributed by atoms with Gasteiger partial charge in [-0.05, 0) is 55.6 Å². The van der Waals surface area contributed by atoms with Crippen molar-refractivity contribution in [2.45, 2.75) is 95.7 Å². The second kappa shape index (κ2) is 12.1. The van der Waals surface area contributed by atoms with Crippen molar-refractivity contribution in [2.24, 2.45) is 5.41 Å². The lowest BCUT2D eigenvalue weighted by atomic mass is 9.74. The third-order valence-electron chi connectivity index (χ3n) is 9.45. The summed E-state index contributed by atoms with van der Waals surface area (Å²) in [7, 11) is 1.31. The Morgan fingerprint density at radius 1 is 1.23 bits per heavy atom. The molecule has 3 aliphatic rings. The summed E-state index contributed by atoms with van der Waals surface area (Å²) < 4.78 is 10.9. The number of nitrogens with zero attached hydrogens (tertiary/aromatic N) is 3. The number of aryl methyl sites for hydroxylation is 1. The van der Waals surface area contributed by atoms with E-state index in [2.05, 4.69) is 29.3 Å². The number of aliphatic hydroxyl groups is 1. The SMILES string of the molecule is COC(=O)C[C@H](NC(=O)[C@@H]1C[C@@H](O)CN1C(=O)[C@H]1c2onc(C3CC3)c2CCCC1(C)C)c1ccc(-c2scnc2C)cc1. The second-order valence-electron chi connectivity index (χ2n) is 13.1. The standard InChI is InChI=1S/C33H40N4O6S/c1-18-30(44-17-34-18)21-11-7-19(8-12-21)24(15-26(39)42-4)35-31(40)25-14-22(38)16-37(25)32(41)27-29-23(6-5-13-33(27,2)3)28(36-43-29)20-9-10-20/h7-8,11-12,17,20,22,24-25,27,38H,5-6,9-10,13-16H2,1-4H3,(H,35,40)/t22-,24+,25+,27-/m1/s1. The number of nitrogens with one attached hydrogen (secondary N) is 1. The molecule has 2 fully saturated rings. The van der Waals surface area contributed by atoms with Crippen LogP contribution in [0.2, 0.25) is 0 Å². The van der Waals surface area contributed by atoms with Gasteiger partial charge in [0.2, 0.25) is 11.8 Å². The van der Waals surface area contributed by atoms with Crippen LogP contribution in [0.15, 0.2) is 34.3 Å². The number of β-amino-alcohol motifs (C(OH)–C–C–N with tert-alkyl or cyclic N) is 1. The number of benzene rings is 1. The average Bonchev–Trinajstić information content (AvgIpc) is 3.47. The first-order valence-corrected chi connectivity index (χ1v) is 16.3. The van der Waals surface area contributed by atoms with E-state index in [0.717, 1.165) is 65.1 Å². The molecule has 4 atom stereocenters. The summed E-state index contributed by atoms with van der Waals surface area (Å²) in [4.78, 5) is 47.6. The highest BCUT2D eigenvalue weighted by Gasteiger charge is 2.50. The number of hydrogen-bond acceptors (Lipinski definition) is 9. The zero-order valence-electron chi connectivity index (χ0n) is 25.7. The van der Waals surface area contributed by atoms with E-state index < -0.39 is 41.4 Å². The minimum atomic E-state index is -0.898. The molecule has 1 saturated heterocycles. The minimum absolute atomic E-state index is 0.0486. The number of carbonyl (C=O) groups excluding carboxylic acids is 3. The third-order valence-corrected chi connectivity index (χ3v) is 10.4. The molecule has 3 aromatic rings. The Kier molecular flexibility index (Phi) is 8.36. The maximum atomic E-state index is 14.4. The van der Waals surface area contributed by atoms with Gasteiger partial charge in [0.15, 0.2) is 5.76 Å². The van der Waals surface area contributed by atoms with E-state index in [9.17, 15) is 19.5 Å². The number of carbonyl (C=O) groups is 3. The molecule has 2 aliphatic carbocycles. The molecule has 2 N–H and O–H groups in total. The topological polar surface area (TPSA) is 135 Å². The van der Waals surface area contributed by atoms with Gasteiger partial charge in [0, 0.05) is 24.4 Å². The van der Waals surface area contributed by atoms with Crippen molar-refractivity contribution in [3.8, 4) is 10.4 Å². The highest BCUT2D eigenvalue weighted by Crippen LogP contribution is 2.50. The normalized spacial score (nSPS) is 23.5. The van der Waals surface area contributed by atoms with Gasteiger partial charge >= 0.3 is 5.97 Å². The molecule has 2 amide bonds. The number of esters is 1. The molecule has 3 heterocycles. The number of fused-ring (bicyclic) bond motifs is 1. The monoisotopic (exact) mass is 620 g/mol.